The first-order chi connectivity index (χ1) is 12.4. The molecule has 2 aromatic rings. The van der Waals surface area contributed by atoms with E-state index in [9.17, 15) is 14.4 Å². The standard InChI is InChI=1S/C19H19N3O4/c1-12-6-8-15(9-7-12)26-11-16(23)20-14-5-3-4-13(10-14)19(2)17(24)21-18(25)22-19/h3-10H,11H2,1-2H3,(H,20,23)(H2,21,22,24,25)/t19-/m1/s1. The van der Waals surface area contributed by atoms with Crippen LogP contribution >= 0.6 is 0 Å². The van der Waals surface area contributed by atoms with Gasteiger partial charge >= 0.3 is 6.03 Å². The Hall–Kier alpha value is -3.35. The summed E-state index contributed by atoms with van der Waals surface area (Å²) in [7, 11) is 0. The van der Waals surface area contributed by atoms with Gasteiger partial charge in [-0.2, -0.15) is 0 Å². The molecule has 0 bridgehead atoms. The van der Waals surface area contributed by atoms with Gasteiger partial charge in [0.05, 0.1) is 0 Å². The summed E-state index contributed by atoms with van der Waals surface area (Å²) in [6.45, 7) is 3.44. The van der Waals surface area contributed by atoms with Gasteiger partial charge in [-0.05, 0) is 43.7 Å². The van der Waals surface area contributed by atoms with Crippen molar-refractivity contribution in [3.63, 3.8) is 0 Å². The summed E-state index contributed by atoms with van der Waals surface area (Å²) >= 11 is 0. The number of hydrogen-bond acceptors (Lipinski definition) is 4. The maximum atomic E-state index is 12.1. The molecule has 1 aliphatic rings. The zero-order valence-corrected chi connectivity index (χ0v) is 14.5. The average Bonchev–Trinajstić information content (AvgIpc) is 2.88. The molecule has 26 heavy (non-hydrogen) atoms. The third-order valence-electron chi connectivity index (χ3n) is 4.16. The minimum Gasteiger partial charge on any atom is -0.484 e. The maximum Gasteiger partial charge on any atom is 0.322 e. The van der Waals surface area contributed by atoms with Crippen LogP contribution in [0.1, 0.15) is 18.1 Å². The maximum absolute atomic E-state index is 12.1. The Balaban J connectivity index is 1.65. The number of urea groups is 1. The van der Waals surface area contributed by atoms with E-state index in [-0.39, 0.29) is 12.5 Å². The Kier molecular flexibility index (Phi) is 4.62. The van der Waals surface area contributed by atoms with Crippen LogP contribution < -0.4 is 20.7 Å². The second kappa shape index (κ2) is 6.87. The van der Waals surface area contributed by atoms with E-state index in [1.165, 1.54) is 0 Å². The van der Waals surface area contributed by atoms with Gasteiger partial charge in [-0.1, -0.05) is 29.8 Å². The number of nitrogens with one attached hydrogen (secondary N) is 3. The predicted molar refractivity (Wildman–Crippen MR) is 95.8 cm³/mol. The first-order valence-electron chi connectivity index (χ1n) is 8.10. The van der Waals surface area contributed by atoms with E-state index in [4.69, 9.17) is 4.74 Å². The zero-order valence-electron chi connectivity index (χ0n) is 14.5. The molecule has 0 radical (unpaired) electrons. The highest BCUT2D eigenvalue weighted by molar-refractivity contribution is 6.07. The van der Waals surface area contributed by atoms with E-state index < -0.39 is 17.5 Å². The molecule has 7 nitrogen and oxygen atoms in total. The summed E-state index contributed by atoms with van der Waals surface area (Å²) in [5.41, 5.74) is 1.01. The van der Waals surface area contributed by atoms with Crippen LogP contribution in [0.5, 0.6) is 5.75 Å². The second-order valence-electron chi connectivity index (χ2n) is 6.26. The molecule has 134 valence electrons. The van der Waals surface area contributed by atoms with Crippen molar-refractivity contribution in [2.45, 2.75) is 19.4 Å². The van der Waals surface area contributed by atoms with Gasteiger partial charge in [0.2, 0.25) is 0 Å². The number of imide groups is 1. The molecular weight excluding hydrogens is 334 g/mol. The summed E-state index contributed by atoms with van der Waals surface area (Å²) < 4.78 is 5.44. The molecule has 7 heteroatoms. The topological polar surface area (TPSA) is 96.5 Å². The number of carbonyl (C=O) groups excluding carboxylic acids is 3. The Morgan fingerprint density at radius 3 is 2.54 bits per heavy atom. The molecule has 1 saturated heterocycles. The minimum atomic E-state index is -1.17. The Bertz CT molecular complexity index is 863. The van der Waals surface area contributed by atoms with E-state index in [0.717, 1.165) is 5.56 Å². The number of anilines is 1. The van der Waals surface area contributed by atoms with Crippen molar-refractivity contribution in [2.24, 2.45) is 0 Å². The van der Waals surface area contributed by atoms with Crippen LogP contribution in [0.4, 0.5) is 10.5 Å². The largest absolute Gasteiger partial charge is 0.484 e. The third-order valence-corrected chi connectivity index (χ3v) is 4.16. The number of benzene rings is 2. The first-order valence-corrected chi connectivity index (χ1v) is 8.10. The number of rotatable bonds is 5. The molecule has 0 aliphatic carbocycles. The minimum absolute atomic E-state index is 0.137. The van der Waals surface area contributed by atoms with Crippen molar-refractivity contribution < 1.29 is 19.1 Å². The van der Waals surface area contributed by atoms with E-state index in [1.807, 2.05) is 19.1 Å². The SMILES string of the molecule is Cc1ccc(OCC(=O)Nc2cccc([C@@]3(C)NC(=O)NC3=O)c2)cc1. The van der Waals surface area contributed by atoms with Crippen LogP contribution in [-0.4, -0.2) is 24.5 Å². The Morgan fingerprint density at radius 2 is 1.88 bits per heavy atom. The number of carbonyl (C=O) groups is 3. The van der Waals surface area contributed by atoms with E-state index >= 15 is 0 Å². The highest BCUT2D eigenvalue weighted by Gasteiger charge is 2.43. The molecule has 0 aromatic heterocycles. The molecule has 4 amide bonds. The predicted octanol–water partition coefficient (Wildman–Crippen LogP) is 2.07. The lowest BCUT2D eigenvalue weighted by Crippen LogP contribution is -2.40. The van der Waals surface area contributed by atoms with Crippen molar-refractivity contribution >= 4 is 23.5 Å². The van der Waals surface area contributed by atoms with E-state index in [0.29, 0.717) is 17.0 Å². The third kappa shape index (κ3) is 3.66. The first kappa shape index (κ1) is 17.5. The number of hydrogen-bond donors (Lipinski definition) is 3. The van der Waals surface area contributed by atoms with Gasteiger partial charge in [-0.3, -0.25) is 14.9 Å². The summed E-state index contributed by atoms with van der Waals surface area (Å²) in [4.78, 5) is 35.5. The fourth-order valence-electron chi connectivity index (χ4n) is 2.63. The van der Waals surface area contributed by atoms with E-state index in [1.54, 1.807) is 43.3 Å². The monoisotopic (exact) mass is 353 g/mol. The fraction of sp³-hybridized carbons (Fsp3) is 0.211. The summed E-state index contributed by atoms with van der Waals surface area (Å²) in [5.74, 6) is -0.154. The number of ether oxygens (including phenoxy) is 1. The molecule has 2 aromatic carbocycles. The van der Waals surface area contributed by atoms with Crippen LogP contribution in [0.15, 0.2) is 48.5 Å². The van der Waals surface area contributed by atoms with Crippen molar-refractivity contribution in [2.75, 3.05) is 11.9 Å². The molecule has 0 saturated carbocycles. The lowest BCUT2D eigenvalue weighted by Gasteiger charge is -2.21. The molecular formula is C19H19N3O4. The molecule has 3 N–H and O–H groups in total. The molecule has 1 heterocycles. The molecule has 1 aliphatic heterocycles. The van der Waals surface area contributed by atoms with Gasteiger partial charge in [0.1, 0.15) is 11.3 Å². The van der Waals surface area contributed by atoms with Crippen molar-refractivity contribution in [1.29, 1.82) is 0 Å². The molecule has 0 spiro atoms. The van der Waals surface area contributed by atoms with Crippen molar-refractivity contribution in [3.05, 3.63) is 59.7 Å². The van der Waals surface area contributed by atoms with Crippen molar-refractivity contribution in [3.8, 4) is 5.75 Å². The molecule has 1 atom stereocenters. The molecule has 3 rings (SSSR count). The van der Waals surface area contributed by atoms with Gasteiger partial charge in [0.25, 0.3) is 11.8 Å². The van der Waals surface area contributed by atoms with Gasteiger partial charge < -0.3 is 15.4 Å². The lowest BCUT2D eigenvalue weighted by atomic mass is 9.92. The van der Waals surface area contributed by atoms with Crippen LogP contribution in [0.3, 0.4) is 0 Å². The highest BCUT2D eigenvalue weighted by atomic mass is 16.5. The van der Waals surface area contributed by atoms with E-state index in [2.05, 4.69) is 16.0 Å². The summed E-state index contributed by atoms with van der Waals surface area (Å²) in [5, 5.41) is 7.53. The van der Waals surface area contributed by atoms with Crippen LogP contribution in [0.25, 0.3) is 0 Å². The van der Waals surface area contributed by atoms with Gasteiger partial charge in [0, 0.05) is 5.69 Å². The Morgan fingerprint density at radius 1 is 1.15 bits per heavy atom. The zero-order chi connectivity index (χ0) is 18.7. The second-order valence-corrected chi connectivity index (χ2v) is 6.26. The van der Waals surface area contributed by atoms with Crippen LogP contribution in [-0.2, 0) is 15.1 Å². The fourth-order valence-corrected chi connectivity index (χ4v) is 2.63. The quantitative estimate of drug-likeness (QED) is 0.717. The Labute approximate surface area is 150 Å². The smallest absolute Gasteiger partial charge is 0.322 e. The molecule has 1 fully saturated rings. The average molecular weight is 353 g/mol. The highest BCUT2D eigenvalue weighted by Crippen LogP contribution is 2.26. The lowest BCUT2D eigenvalue weighted by molar-refractivity contribution is -0.123. The van der Waals surface area contributed by atoms with Crippen LogP contribution in [0.2, 0.25) is 0 Å². The van der Waals surface area contributed by atoms with Crippen molar-refractivity contribution in [1.82, 2.24) is 10.6 Å². The normalized spacial score (nSPS) is 18.8. The van der Waals surface area contributed by atoms with Crippen LogP contribution in [0, 0.1) is 6.92 Å². The summed E-state index contributed by atoms with van der Waals surface area (Å²) in [6, 6.07) is 13.6. The van der Waals surface area contributed by atoms with Gasteiger partial charge in [-0.15, -0.1) is 0 Å². The van der Waals surface area contributed by atoms with Gasteiger partial charge in [0.15, 0.2) is 6.61 Å². The molecule has 0 unspecified atom stereocenters. The number of amides is 4. The number of aryl methyl sites for hydroxylation is 1. The summed E-state index contributed by atoms with van der Waals surface area (Å²) in [6.07, 6.45) is 0. The van der Waals surface area contributed by atoms with Gasteiger partial charge in [-0.25, -0.2) is 4.79 Å².